The quantitative estimate of drug-likeness (QED) is 0.300. The molecule has 0 saturated carbocycles. The van der Waals surface area contributed by atoms with Crippen molar-refractivity contribution in [2.45, 2.75) is 23.4 Å². The Morgan fingerprint density at radius 2 is 1.56 bits per heavy atom. The van der Waals surface area contributed by atoms with Crippen molar-refractivity contribution in [2.24, 2.45) is 0 Å². The van der Waals surface area contributed by atoms with Crippen LogP contribution in [-0.2, 0) is 6.42 Å². The smallest absolute Gasteiger partial charge is 0.264 e. The highest BCUT2D eigenvalue weighted by molar-refractivity contribution is 7.99. The topological polar surface area (TPSA) is 78.6 Å². The first kappa shape index (κ1) is 22.2. The van der Waals surface area contributed by atoms with E-state index in [1.165, 1.54) is 0 Å². The highest BCUT2D eigenvalue weighted by Gasteiger charge is 2.16. The van der Waals surface area contributed by atoms with Crippen LogP contribution in [0.1, 0.15) is 16.8 Å². The largest absolute Gasteiger partial charge is 0.321 e. The van der Waals surface area contributed by atoms with Gasteiger partial charge in [0.15, 0.2) is 5.16 Å². The van der Waals surface area contributed by atoms with Crippen LogP contribution < -0.4 is 11.1 Å². The molecule has 0 bridgehead atoms. The van der Waals surface area contributed by atoms with E-state index in [9.17, 15) is 9.59 Å². The third-order valence-corrected chi connectivity index (χ3v) is 7.12. The summed E-state index contributed by atoms with van der Waals surface area (Å²) >= 11 is 7.77. The number of H-pyrrole nitrogens is 2. The number of hydrogen-bond donors (Lipinski definition) is 2. The molecule has 0 amide bonds. The van der Waals surface area contributed by atoms with Gasteiger partial charge in [0.2, 0.25) is 0 Å². The number of rotatable bonds is 5. The average Bonchev–Trinajstić information content (AvgIpc) is 2.85. The number of halogens is 1. The van der Waals surface area contributed by atoms with E-state index in [4.69, 9.17) is 11.6 Å². The van der Waals surface area contributed by atoms with Crippen LogP contribution in [0.2, 0.25) is 5.02 Å². The van der Waals surface area contributed by atoms with Gasteiger partial charge in [-0.3, -0.25) is 9.59 Å². The Morgan fingerprint density at radius 1 is 0.853 bits per heavy atom. The van der Waals surface area contributed by atoms with Crippen molar-refractivity contribution in [1.82, 2.24) is 15.0 Å². The molecule has 5 rings (SSSR count). The second-order valence-electron chi connectivity index (χ2n) is 7.92. The fraction of sp³-hybridized carbons (Fsp3) is 0.0741. The molecule has 0 fully saturated rings. The van der Waals surface area contributed by atoms with Gasteiger partial charge in [-0.25, -0.2) is 4.98 Å². The monoisotopic (exact) mass is 485 g/mol. The number of pyridine rings is 1. The molecule has 2 aromatic heterocycles. The Kier molecular flexibility index (Phi) is 6.09. The number of hydrogen-bond acceptors (Lipinski definition) is 4. The van der Waals surface area contributed by atoms with Crippen LogP contribution >= 0.6 is 23.4 Å². The number of fused-ring (bicyclic) bond motifs is 1. The molecular formula is C27H20ClN3O2S. The fourth-order valence-corrected chi connectivity index (χ4v) is 5.10. The number of nitrogens with one attached hydrogen (secondary N) is 2. The molecule has 0 aliphatic rings. The molecule has 168 valence electrons. The highest BCUT2D eigenvalue weighted by atomic mass is 35.5. The first-order valence-corrected chi connectivity index (χ1v) is 11.9. The van der Waals surface area contributed by atoms with E-state index in [2.05, 4.69) is 15.0 Å². The molecule has 0 aliphatic carbocycles. The third kappa shape index (κ3) is 4.42. The lowest BCUT2D eigenvalue weighted by Crippen LogP contribution is -2.18. The van der Waals surface area contributed by atoms with Crippen LogP contribution in [0.4, 0.5) is 0 Å². The second kappa shape index (κ2) is 9.33. The first-order valence-electron chi connectivity index (χ1n) is 10.7. The van der Waals surface area contributed by atoms with E-state index < -0.39 is 0 Å². The van der Waals surface area contributed by atoms with E-state index in [1.807, 2.05) is 78.9 Å². The zero-order chi connectivity index (χ0) is 23.7. The van der Waals surface area contributed by atoms with Gasteiger partial charge < -0.3 is 9.97 Å². The summed E-state index contributed by atoms with van der Waals surface area (Å²) in [5.74, 6) is 0. The number of aromatic nitrogens is 3. The lowest BCUT2D eigenvalue weighted by molar-refractivity contribution is 0.866. The predicted molar refractivity (Wildman–Crippen MR) is 138 cm³/mol. The molecule has 0 aliphatic heterocycles. The van der Waals surface area contributed by atoms with Gasteiger partial charge in [-0.2, -0.15) is 0 Å². The van der Waals surface area contributed by atoms with Crippen LogP contribution in [0, 0.1) is 6.92 Å². The second-order valence-corrected chi connectivity index (χ2v) is 9.30. The van der Waals surface area contributed by atoms with Crippen molar-refractivity contribution in [3.8, 4) is 11.1 Å². The minimum Gasteiger partial charge on any atom is -0.321 e. The van der Waals surface area contributed by atoms with Crippen LogP contribution in [0.5, 0.6) is 0 Å². The molecular weight excluding hydrogens is 466 g/mol. The first-order chi connectivity index (χ1) is 16.5. The van der Waals surface area contributed by atoms with Gasteiger partial charge in [0.25, 0.3) is 11.1 Å². The maximum atomic E-state index is 12.8. The van der Waals surface area contributed by atoms with Crippen molar-refractivity contribution < 1.29 is 0 Å². The maximum absolute atomic E-state index is 12.8. The average molecular weight is 486 g/mol. The standard InChI is InChI=1S/C27H20ClN3O2S/c1-16-20(14-17-8-4-2-5-9-17)25(32)31-27(29-16)34-24-23(28)21-15-19(18-10-6-3-7-11-18)12-13-22(21)30-26(24)33/h2-13,15H,14H2,1H3,(H,30,33)(H,29,31,32). The van der Waals surface area contributed by atoms with E-state index in [1.54, 1.807) is 6.92 Å². The molecule has 0 atom stereocenters. The van der Waals surface area contributed by atoms with Crippen molar-refractivity contribution in [1.29, 1.82) is 0 Å². The van der Waals surface area contributed by atoms with Gasteiger partial charge in [-0.1, -0.05) is 78.3 Å². The summed E-state index contributed by atoms with van der Waals surface area (Å²) in [6, 6.07) is 25.5. The SMILES string of the molecule is Cc1nc(Sc2c(Cl)c3cc(-c4ccccc4)ccc3[nH]c2=O)[nH]c(=O)c1Cc1ccccc1. The lowest BCUT2D eigenvalue weighted by Gasteiger charge is -2.10. The van der Waals surface area contributed by atoms with Crippen LogP contribution in [0.15, 0.2) is 98.5 Å². The fourth-order valence-electron chi connectivity index (χ4n) is 3.88. The summed E-state index contributed by atoms with van der Waals surface area (Å²) in [4.78, 5) is 36.2. The Hall–Kier alpha value is -3.61. The Morgan fingerprint density at radius 3 is 2.26 bits per heavy atom. The van der Waals surface area contributed by atoms with Gasteiger partial charge in [0.1, 0.15) is 0 Å². The molecule has 2 N–H and O–H groups in total. The summed E-state index contributed by atoms with van der Waals surface area (Å²) in [5, 5.41) is 1.38. The minimum absolute atomic E-state index is 0.224. The van der Waals surface area contributed by atoms with Gasteiger partial charge in [0, 0.05) is 28.6 Å². The van der Waals surface area contributed by atoms with Gasteiger partial charge in [-0.05, 0) is 47.5 Å². The van der Waals surface area contributed by atoms with E-state index in [-0.39, 0.29) is 16.0 Å². The highest BCUT2D eigenvalue weighted by Crippen LogP contribution is 2.34. The third-order valence-electron chi connectivity index (χ3n) is 5.64. The molecule has 3 aromatic carbocycles. The van der Waals surface area contributed by atoms with E-state index >= 15 is 0 Å². The van der Waals surface area contributed by atoms with Crippen molar-refractivity contribution in [2.75, 3.05) is 0 Å². The van der Waals surface area contributed by atoms with Gasteiger partial charge >= 0.3 is 0 Å². The summed E-state index contributed by atoms with van der Waals surface area (Å²) in [5.41, 5.74) is 4.39. The molecule has 0 unspecified atom stereocenters. The molecule has 0 spiro atoms. The summed E-state index contributed by atoms with van der Waals surface area (Å²) in [6.07, 6.45) is 0.486. The van der Waals surface area contributed by atoms with E-state index in [0.29, 0.717) is 33.4 Å². The zero-order valence-electron chi connectivity index (χ0n) is 18.3. The zero-order valence-corrected chi connectivity index (χ0v) is 19.8. The Bertz CT molecular complexity index is 1610. The molecule has 5 nitrogen and oxygen atoms in total. The van der Waals surface area contributed by atoms with Crippen LogP contribution in [0.3, 0.4) is 0 Å². The molecule has 2 heterocycles. The summed E-state index contributed by atoms with van der Waals surface area (Å²) in [6.45, 7) is 1.80. The minimum atomic E-state index is -0.330. The Balaban J connectivity index is 1.52. The van der Waals surface area contributed by atoms with Crippen molar-refractivity contribution >= 4 is 34.3 Å². The molecule has 5 aromatic rings. The maximum Gasteiger partial charge on any atom is 0.264 e. The Labute approximate surface area is 204 Å². The van der Waals surface area contributed by atoms with Crippen molar-refractivity contribution in [3.63, 3.8) is 0 Å². The molecule has 0 saturated heterocycles. The molecule has 34 heavy (non-hydrogen) atoms. The number of aryl methyl sites for hydroxylation is 1. The van der Waals surface area contributed by atoms with Gasteiger partial charge in [0.05, 0.1) is 9.92 Å². The lowest BCUT2D eigenvalue weighted by atomic mass is 10.0. The summed E-state index contributed by atoms with van der Waals surface area (Å²) in [7, 11) is 0. The van der Waals surface area contributed by atoms with Gasteiger partial charge in [-0.15, -0.1) is 0 Å². The predicted octanol–water partition coefficient (Wildman–Crippen LogP) is 5.98. The van der Waals surface area contributed by atoms with Crippen LogP contribution in [0.25, 0.3) is 22.0 Å². The van der Waals surface area contributed by atoms with Crippen LogP contribution in [-0.4, -0.2) is 15.0 Å². The number of aromatic amines is 2. The molecule has 7 heteroatoms. The number of nitrogens with zero attached hydrogens (tertiary/aromatic N) is 1. The van der Waals surface area contributed by atoms with Crippen molar-refractivity contribution in [3.05, 3.63) is 121 Å². The number of benzene rings is 3. The van der Waals surface area contributed by atoms with E-state index in [0.717, 1.165) is 33.8 Å². The normalized spacial score (nSPS) is 11.1. The molecule has 0 radical (unpaired) electrons. The summed E-state index contributed by atoms with van der Waals surface area (Å²) < 4.78 is 0.